The van der Waals surface area contributed by atoms with Crippen LogP contribution in [-0.2, 0) is 9.53 Å². The van der Waals surface area contributed by atoms with Gasteiger partial charge < -0.3 is 15.8 Å². The number of halogens is 1. The first-order valence-electron chi connectivity index (χ1n) is 6.95. The normalized spacial score (nSPS) is 11.4. The standard InChI is InChI=1S/C15H13ClN4O5/c1-8(14(21)19-13-5-2-9(16)7-18-13)25-15(22)11-6-10(20(23)24)3-4-12(11)17/h2-8H,17H2,1H3,(H,18,19,21). The van der Waals surface area contributed by atoms with Gasteiger partial charge >= 0.3 is 5.97 Å². The number of nitrogens with two attached hydrogens (primary N) is 1. The maximum atomic E-state index is 12.1. The molecule has 1 amide bonds. The number of aromatic nitrogens is 1. The van der Waals surface area contributed by atoms with Crippen LogP contribution in [0.5, 0.6) is 0 Å². The van der Waals surface area contributed by atoms with Crippen LogP contribution in [0.4, 0.5) is 17.2 Å². The van der Waals surface area contributed by atoms with E-state index in [4.69, 9.17) is 22.1 Å². The second kappa shape index (κ2) is 7.58. The van der Waals surface area contributed by atoms with Crippen molar-refractivity contribution >= 4 is 40.7 Å². The van der Waals surface area contributed by atoms with Gasteiger partial charge in [0, 0.05) is 24.0 Å². The van der Waals surface area contributed by atoms with Gasteiger partial charge in [0.15, 0.2) is 6.10 Å². The zero-order chi connectivity index (χ0) is 18.6. The highest BCUT2D eigenvalue weighted by atomic mass is 35.5. The predicted molar refractivity (Wildman–Crippen MR) is 90.3 cm³/mol. The van der Waals surface area contributed by atoms with E-state index in [9.17, 15) is 19.7 Å². The van der Waals surface area contributed by atoms with Crippen molar-refractivity contribution in [3.63, 3.8) is 0 Å². The second-order valence-electron chi connectivity index (χ2n) is 4.93. The third-order valence-electron chi connectivity index (χ3n) is 3.10. The van der Waals surface area contributed by atoms with Crippen molar-refractivity contribution in [3.05, 3.63) is 57.2 Å². The molecule has 1 atom stereocenters. The Bertz CT molecular complexity index is 825. The van der Waals surface area contributed by atoms with E-state index in [-0.39, 0.29) is 22.8 Å². The summed E-state index contributed by atoms with van der Waals surface area (Å²) in [5.74, 6) is -1.35. The van der Waals surface area contributed by atoms with Crippen molar-refractivity contribution in [3.8, 4) is 0 Å². The van der Waals surface area contributed by atoms with Gasteiger partial charge in [-0.15, -0.1) is 0 Å². The Hall–Kier alpha value is -3.20. The zero-order valence-corrected chi connectivity index (χ0v) is 13.7. The van der Waals surface area contributed by atoms with E-state index in [2.05, 4.69) is 10.3 Å². The lowest BCUT2D eigenvalue weighted by Crippen LogP contribution is -2.30. The van der Waals surface area contributed by atoms with Gasteiger partial charge in [-0.2, -0.15) is 0 Å². The van der Waals surface area contributed by atoms with Gasteiger partial charge in [-0.25, -0.2) is 9.78 Å². The molecule has 1 aromatic carbocycles. The largest absolute Gasteiger partial charge is 0.449 e. The summed E-state index contributed by atoms with van der Waals surface area (Å²) in [7, 11) is 0. The fourth-order valence-electron chi connectivity index (χ4n) is 1.79. The molecule has 0 saturated heterocycles. The van der Waals surface area contributed by atoms with Crippen LogP contribution in [0.1, 0.15) is 17.3 Å². The number of hydrogen-bond donors (Lipinski definition) is 2. The van der Waals surface area contributed by atoms with Crippen molar-refractivity contribution in [2.24, 2.45) is 0 Å². The molecule has 3 N–H and O–H groups in total. The first kappa shape index (κ1) is 18.1. The molecule has 1 aromatic heterocycles. The number of hydrogen-bond acceptors (Lipinski definition) is 7. The maximum absolute atomic E-state index is 12.1. The van der Waals surface area contributed by atoms with Gasteiger partial charge in [-0.1, -0.05) is 11.6 Å². The van der Waals surface area contributed by atoms with E-state index in [0.717, 1.165) is 12.1 Å². The van der Waals surface area contributed by atoms with Crippen molar-refractivity contribution in [2.75, 3.05) is 11.1 Å². The minimum Gasteiger partial charge on any atom is -0.449 e. The molecule has 1 heterocycles. The average Bonchev–Trinajstić information content (AvgIpc) is 2.56. The summed E-state index contributed by atoms with van der Waals surface area (Å²) in [6.07, 6.45) is 0.168. The molecule has 2 aromatic rings. The lowest BCUT2D eigenvalue weighted by Gasteiger charge is -2.14. The number of benzene rings is 1. The predicted octanol–water partition coefficient (Wildman–Crippen LogP) is 2.41. The molecule has 0 spiro atoms. The van der Waals surface area contributed by atoms with Crippen LogP contribution in [0.15, 0.2) is 36.5 Å². The monoisotopic (exact) mass is 364 g/mol. The van der Waals surface area contributed by atoms with Crippen LogP contribution in [-0.4, -0.2) is 27.9 Å². The Morgan fingerprint density at radius 2 is 2.08 bits per heavy atom. The van der Waals surface area contributed by atoms with Gasteiger partial charge in [0.25, 0.3) is 11.6 Å². The summed E-state index contributed by atoms with van der Waals surface area (Å²) >= 11 is 5.69. The van der Waals surface area contributed by atoms with Gasteiger partial charge in [0.05, 0.1) is 15.5 Å². The third kappa shape index (κ3) is 4.64. The lowest BCUT2D eigenvalue weighted by molar-refractivity contribution is -0.384. The minimum atomic E-state index is -1.18. The van der Waals surface area contributed by atoms with E-state index in [0.29, 0.717) is 5.02 Å². The number of nitrogens with one attached hydrogen (secondary N) is 1. The number of nitrogens with zero attached hydrogens (tertiary/aromatic N) is 2. The fourth-order valence-corrected chi connectivity index (χ4v) is 1.90. The topological polar surface area (TPSA) is 137 Å². The molecule has 2 rings (SSSR count). The molecule has 130 valence electrons. The summed E-state index contributed by atoms with van der Waals surface area (Å²) in [4.78, 5) is 38.1. The molecule has 25 heavy (non-hydrogen) atoms. The number of anilines is 2. The quantitative estimate of drug-likeness (QED) is 0.359. The lowest BCUT2D eigenvalue weighted by atomic mass is 10.1. The van der Waals surface area contributed by atoms with Crippen LogP contribution in [0.2, 0.25) is 5.02 Å². The minimum absolute atomic E-state index is 0.00239. The summed E-state index contributed by atoms with van der Waals surface area (Å²) in [6, 6.07) is 6.38. The number of carbonyl (C=O) groups excluding carboxylic acids is 2. The summed E-state index contributed by atoms with van der Waals surface area (Å²) < 4.78 is 5.00. The molecule has 0 bridgehead atoms. The molecule has 9 nitrogen and oxygen atoms in total. The Labute approximate surface area is 146 Å². The maximum Gasteiger partial charge on any atom is 0.341 e. The number of amides is 1. The van der Waals surface area contributed by atoms with E-state index in [1.807, 2.05) is 0 Å². The Morgan fingerprint density at radius 3 is 2.68 bits per heavy atom. The fraction of sp³-hybridized carbons (Fsp3) is 0.133. The van der Waals surface area contributed by atoms with Crippen molar-refractivity contribution in [1.82, 2.24) is 4.98 Å². The Morgan fingerprint density at radius 1 is 1.36 bits per heavy atom. The van der Waals surface area contributed by atoms with E-state index in [1.165, 1.54) is 31.3 Å². The highest BCUT2D eigenvalue weighted by molar-refractivity contribution is 6.30. The molecule has 10 heteroatoms. The van der Waals surface area contributed by atoms with Crippen LogP contribution in [0, 0.1) is 10.1 Å². The van der Waals surface area contributed by atoms with Gasteiger partial charge in [-0.05, 0) is 25.1 Å². The molecule has 0 aliphatic rings. The van der Waals surface area contributed by atoms with Gasteiger partial charge in [-0.3, -0.25) is 14.9 Å². The molecular weight excluding hydrogens is 352 g/mol. The first-order valence-corrected chi connectivity index (χ1v) is 7.33. The summed E-state index contributed by atoms with van der Waals surface area (Å²) in [5, 5.41) is 13.6. The van der Waals surface area contributed by atoms with Gasteiger partial charge in [0.1, 0.15) is 5.82 Å². The number of ether oxygens (including phenoxy) is 1. The number of pyridine rings is 1. The Balaban J connectivity index is 2.06. The molecule has 0 aliphatic carbocycles. The second-order valence-corrected chi connectivity index (χ2v) is 5.36. The number of nitro benzene ring substituents is 1. The average molecular weight is 365 g/mol. The smallest absolute Gasteiger partial charge is 0.341 e. The van der Waals surface area contributed by atoms with Crippen LogP contribution < -0.4 is 11.1 Å². The van der Waals surface area contributed by atoms with Crippen LogP contribution in [0.25, 0.3) is 0 Å². The van der Waals surface area contributed by atoms with Crippen LogP contribution >= 0.6 is 11.6 Å². The number of nitro groups is 1. The zero-order valence-electron chi connectivity index (χ0n) is 12.9. The van der Waals surface area contributed by atoms with Crippen molar-refractivity contribution in [1.29, 1.82) is 0 Å². The van der Waals surface area contributed by atoms with Crippen molar-refractivity contribution < 1.29 is 19.2 Å². The Kier molecular flexibility index (Phi) is 5.50. The summed E-state index contributed by atoms with van der Waals surface area (Å²) in [6.45, 7) is 1.34. The van der Waals surface area contributed by atoms with Crippen molar-refractivity contribution in [2.45, 2.75) is 13.0 Å². The number of carbonyl (C=O) groups is 2. The molecule has 0 radical (unpaired) electrons. The highest BCUT2D eigenvalue weighted by Crippen LogP contribution is 2.21. The highest BCUT2D eigenvalue weighted by Gasteiger charge is 2.22. The molecule has 1 unspecified atom stereocenters. The number of esters is 1. The number of non-ortho nitro benzene ring substituents is 1. The molecule has 0 saturated carbocycles. The SMILES string of the molecule is CC(OC(=O)c1cc([N+](=O)[O-])ccc1N)C(=O)Nc1ccc(Cl)cn1. The first-order chi connectivity index (χ1) is 11.8. The van der Waals surface area contributed by atoms with E-state index >= 15 is 0 Å². The molecule has 0 fully saturated rings. The molecule has 0 aliphatic heterocycles. The van der Waals surface area contributed by atoms with E-state index < -0.39 is 22.9 Å². The molecular formula is C15H13ClN4O5. The summed E-state index contributed by atoms with van der Waals surface area (Å²) in [5.41, 5.74) is 5.12. The third-order valence-corrected chi connectivity index (χ3v) is 3.32. The van der Waals surface area contributed by atoms with Gasteiger partial charge in [0.2, 0.25) is 0 Å². The van der Waals surface area contributed by atoms with E-state index in [1.54, 1.807) is 0 Å². The number of nitrogen functional groups attached to an aromatic ring is 1. The van der Waals surface area contributed by atoms with Crippen LogP contribution in [0.3, 0.4) is 0 Å². The number of rotatable bonds is 5.